The molecule has 0 spiro atoms. The molecular weight excluding hydrogens is 414 g/mol. The van der Waals surface area contributed by atoms with E-state index in [1.807, 2.05) is 30.3 Å². The number of anilines is 1. The number of hydrogen-bond acceptors (Lipinski definition) is 5. The van der Waals surface area contributed by atoms with Crippen molar-refractivity contribution in [1.29, 1.82) is 0 Å². The van der Waals surface area contributed by atoms with Crippen molar-refractivity contribution in [1.82, 2.24) is 19.3 Å². The van der Waals surface area contributed by atoms with Crippen molar-refractivity contribution in [3.05, 3.63) is 66.0 Å². The van der Waals surface area contributed by atoms with Crippen LogP contribution in [0.1, 0.15) is 35.3 Å². The molecule has 0 atom stereocenters. The van der Waals surface area contributed by atoms with Crippen molar-refractivity contribution in [3.63, 3.8) is 0 Å². The van der Waals surface area contributed by atoms with E-state index >= 15 is 0 Å². The third-order valence-electron chi connectivity index (χ3n) is 5.82. The molecule has 8 nitrogen and oxygen atoms in total. The van der Waals surface area contributed by atoms with Gasteiger partial charge in [-0.1, -0.05) is 18.2 Å². The molecule has 31 heavy (non-hydrogen) atoms. The molecule has 1 saturated heterocycles. The van der Waals surface area contributed by atoms with E-state index in [1.165, 1.54) is 11.0 Å². The molecule has 0 bridgehead atoms. The van der Waals surface area contributed by atoms with Gasteiger partial charge in [-0.2, -0.15) is 14.2 Å². The summed E-state index contributed by atoms with van der Waals surface area (Å²) in [4.78, 5) is 16.6. The van der Waals surface area contributed by atoms with E-state index in [4.69, 9.17) is 0 Å². The Morgan fingerprint density at radius 2 is 1.71 bits per heavy atom. The fourth-order valence-electron chi connectivity index (χ4n) is 4.21. The maximum atomic E-state index is 13.2. The lowest BCUT2D eigenvalue weighted by atomic mass is 10.0. The zero-order valence-corrected chi connectivity index (χ0v) is 17.8. The van der Waals surface area contributed by atoms with Gasteiger partial charge in [0.1, 0.15) is 0 Å². The van der Waals surface area contributed by atoms with Gasteiger partial charge >= 0.3 is 0 Å². The van der Waals surface area contributed by atoms with Gasteiger partial charge in [-0.25, -0.2) is 8.42 Å². The summed E-state index contributed by atoms with van der Waals surface area (Å²) >= 11 is 0. The van der Waals surface area contributed by atoms with Crippen molar-refractivity contribution in [3.8, 4) is 5.69 Å². The summed E-state index contributed by atoms with van der Waals surface area (Å²) in [5.41, 5.74) is 2.64. The van der Waals surface area contributed by atoms with Gasteiger partial charge in [-0.05, 0) is 61.6 Å². The second-order valence-corrected chi connectivity index (χ2v) is 9.75. The monoisotopic (exact) mass is 437 g/mol. The third kappa shape index (κ3) is 3.64. The lowest BCUT2D eigenvalue weighted by Crippen LogP contribution is -2.36. The van der Waals surface area contributed by atoms with E-state index in [-0.39, 0.29) is 11.6 Å². The van der Waals surface area contributed by atoms with Crippen LogP contribution in [0.15, 0.2) is 59.6 Å². The molecule has 0 aliphatic carbocycles. The number of carbonyl (C=O) groups is 1. The van der Waals surface area contributed by atoms with Gasteiger partial charge < -0.3 is 4.90 Å². The first-order chi connectivity index (χ1) is 15.0. The topological polar surface area (TPSA) is 88.4 Å². The summed E-state index contributed by atoms with van der Waals surface area (Å²) in [6, 6.07) is 14.5. The van der Waals surface area contributed by atoms with E-state index in [2.05, 4.69) is 10.2 Å². The largest absolute Gasteiger partial charge is 0.307 e. The minimum Gasteiger partial charge on any atom is -0.307 e. The van der Waals surface area contributed by atoms with Gasteiger partial charge in [0, 0.05) is 25.3 Å². The minimum absolute atomic E-state index is 0.238. The first-order valence-electron chi connectivity index (χ1n) is 10.5. The average molecular weight is 438 g/mol. The van der Waals surface area contributed by atoms with Gasteiger partial charge in [-0.3, -0.25) is 4.79 Å². The highest BCUT2D eigenvalue weighted by molar-refractivity contribution is 7.89. The molecule has 0 radical (unpaired) electrons. The van der Waals surface area contributed by atoms with Gasteiger partial charge in [0.05, 0.1) is 16.8 Å². The summed E-state index contributed by atoms with van der Waals surface area (Å²) < 4.78 is 27.4. The van der Waals surface area contributed by atoms with Crippen LogP contribution in [0.2, 0.25) is 0 Å². The van der Waals surface area contributed by atoms with Gasteiger partial charge in [0.2, 0.25) is 10.0 Å². The Labute approximate surface area is 181 Å². The molecule has 1 fully saturated rings. The fraction of sp³-hybridized carbons (Fsp3) is 0.318. The lowest BCUT2D eigenvalue weighted by molar-refractivity contribution is 0.0980. The fourth-order valence-corrected chi connectivity index (χ4v) is 5.78. The maximum absolute atomic E-state index is 13.2. The smallest absolute Gasteiger partial charge is 0.280 e. The van der Waals surface area contributed by atoms with Crippen LogP contribution in [0.4, 0.5) is 5.69 Å². The van der Waals surface area contributed by atoms with Gasteiger partial charge in [0.25, 0.3) is 5.91 Å². The number of aromatic nitrogens is 3. The molecule has 9 heteroatoms. The highest BCUT2D eigenvalue weighted by Crippen LogP contribution is 2.32. The number of hydrogen-bond donors (Lipinski definition) is 0. The van der Waals surface area contributed by atoms with Crippen LogP contribution in [0, 0.1) is 0 Å². The zero-order chi connectivity index (χ0) is 21.4. The van der Waals surface area contributed by atoms with Crippen LogP contribution in [-0.2, 0) is 16.4 Å². The first kappa shape index (κ1) is 19.9. The highest BCUT2D eigenvalue weighted by Gasteiger charge is 2.30. The zero-order valence-electron chi connectivity index (χ0n) is 17.0. The Balaban J connectivity index is 1.43. The Morgan fingerprint density at radius 3 is 2.48 bits per heavy atom. The van der Waals surface area contributed by atoms with Crippen LogP contribution < -0.4 is 4.90 Å². The molecule has 3 aromatic rings. The molecule has 3 heterocycles. The number of para-hydroxylation sites is 1. The van der Waals surface area contributed by atoms with Crippen molar-refractivity contribution in [2.75, 3.05) is 24.5 Å². The number of benzene rings is 2. The maximum Gasteiger partial charge on any atom is 0.280 e. The number of sulfonamides is 1. The van der Waals surface area contributed by atoms with E-state index in [9.17, 15) is 13.2 Å². The summed E-state index contributed by atoms with van der Waals surface area (Å²) in [6.07, 6.45) is 4.76. The van der Waals surface area contributed by atoms with Gasteiger partial charge in [-0.15, -0.1) is 5.10 Å². The van der Waals surface area contributed by atoms with Gasteiger partial charge in [0.15, 0.2) is 5.69 Å². The Hall–Kier alpha value is -3.04. The van der Waals surface area contributed by atoms with Crippen LogP contribution in [0.25, 0.3) is 5.69 Å². The average Bonchev–Trinajstić information content (AvgIpc) is 3.51. The summed E-state index contributed by atoms with van der Waals surface area (Å²) in [5, 5.41) is 8.57. The summed E-state index contributed by atoms with van der Waals surface area (Å²) in [5.74, 6) is -0.238. The Kier molecular flexibility index (Phi) is 5.07. The van der Waals surface area contributed by atoms with E-state index in [0.717, 1.165) is 42.6 Å². The number of aryl methyl sites for hydroxylation is 1. The Bertz CT molecular complexity index is 1220. The van der Waals surface area contributed by atoms with Crippen LogP contribution in [0.3, 0.4) is 0 Å². The molecule has 160 valence electrons. The molecule has 0 saturated carbocycles. The number of nitrogens with zero attached hydrogens (tertiary/aromatic N) is 5. The summed E-state index contributed by atoms with van der Waals surface area (Å²) in [7, 11) is -3.49. The number of amides is 1. The highest BCUT2D eigenvalue weighted by atomic mass is 32.2. The molecule has 2 aliphatic heterocycles. The van der Waals surface area contributed by atoms with Crippen molar-refractivity contribution >= 4 is 21.6 Å². The molecule has 2 aliphatic rings. The first-order valence-corrected chi connectivity index (χ1v) is 11.9. The molecule has 5 rings (SSSR count). The second kappa shape index (κ2) is 7.90. The van der Waals surface area contributed by atoms with E-state index < -0.39 is 10.0 Å². The minimum atomic E-state index is -3.49. The van der Waals surface area contributed by atoms with Crippen LogP contribution in [0.5, 0.6) is 0 Å². The predicted molar refractivity (Wildman–Crippen MR) is 116 cm³/mol. The van der Waals surface area contributed by atoms with Crippen LogP contribution in [-0.4, -0.2) is 53.3 Å². The molecule has 0 unspecified atom stereocenters. The summed E-state index contributed by atoms with van der Waals surface area (Å²) in [6.45, 7) is 1.70. The molecule has 2 aromatic carbocycles. The molecule has 1 aromatic heterocycles. The van der Waals surface area contributed by atoms with E-state index in [0.29, 0.717) is 24.5 Å². The third-order valence-corrected chi connectivity index (χ3v) is 7.71. The second-order valence-electron chi connectivity index (χ2n) is 7.82. The number of fused-ring (bicyclic) bond motifs is 1. The van der Waals surface area contributed by atoms with E-state index in [1.54, 1.807) is 27.4 Å². The van der Waals surface area contributed by atoms with Crippen LogP contribution >= 0.6 is 0 Å². The quantitative estimate of drug-likeness (QED) is 0.626. The standard InChI is InChI=1S/C22H23N5O3S/c28-22(20-16-23-27(24-20)18-8-2-1-3-9-18)26-14-6-7-17-15-19(10-11-21(17)26)31(29,30)25-12-4-5-13-25/h1-3,8-11,15-16H,4-7,12-14H2. The number of rotatable bonds is 4. The predicted octanol–water partition coefficient (Wildman–Crippen LogP) is 2.64. The van der Waals surface area contributed by atoms with Crippen molar-refractivity contribution in [2.24, 2.45) is 0 Å². The molecule has 1 amide bonds. The van der Waals surface area contributed by atoms with Crippen molar-refractivity contribution < 1.29 is 13.2 Å². The molecule has 0 N–H and O–H groups in total. The lowest BCUT2D eigenvalue weighted by Gasteiger charge is -2.29. The SMILES string of the molecule is O=C(c1cnn(-c2ccccc2)n1)N1CCCc2cc(S(=O)(=O)N3CCCC3)ccc21. The number of carbonyl (C=O) groups excluding carboxylic acids is 1. The van der Waals surface area contributed by atoms with Crippen molar-refractivity contribution in [2.45, 2.75) is 30.6 Å². The normalized spacial score (nSPS) is 17.0. The Morgan fingerprint density at radius 1 is 0.935 bits per heavy atom. The molecular formula is C22H23N5O3S.